The second-order valence-electron chi connectivity index (χ2n) is 9.82. The van der Waals surface area contributed by atoms with Crippen molar-refractivity contribution in [1.29, 1.82) is 0 Å². The molecule has 1 saturated heterocycles. The van der Waals surface area contributed by atoms with Crippen molar-refractivity contribution >= 4 is 34.2 Å². The van der Waals surface area contributed by atoms with E-state index in [0.717, 1.165) is 54.1 Å². The summed E-state index contributed by atoms with van der Waals surface area (Å²) in [5.74, 6) is 0.586. The van der Waals surface area contributed by atoms with Crippen molar-refractivity contribution < 1.29 is 18.5 Å². The number of nitrogens with zero attached hydrogens (tertiary/aromatic N) is 5. The number of benzene rings is 3. The number of nitro groups is 1. The van der Waals surface area contributed by atoms with E-state index in [1.165, 1.54) is 42.7 Å². The number of rotatable bonds is 6. The molecule has 1 aliphatic rings. The highest BCUT2D eigenvalue weighted by atomic mass is 19.1. The molecule has 3 aromatic carbocycles. The molecule has 5 aromatic rings. The standard InChI is InChI=1S/C30H25FN6O4/c1-35-14-16-36(17-15-35)28-26-25(19-2-8-22(31)9-3-19)27(41-30(26)33-18-32-28)20-4-10-23(11-5-20)34-29(38)21-6-12-24(13-7-21)37(39)40/h2-13,18H,14-17H2,1H3,(H,34,38). The molecule has 1 aliphatic heterocycles. The van der Waals surface area contributed by atoms with Crippen LogP contribution in [0.4, 0.5) is 21.6 Å². The molecule has 0 aliphatic carbocycles. The third-order valence-corrected chi connectivity index (χ3v) is 7.15. The van der Waals surface area contributed by atoms with E-state index in [2.05, 4.69) is 32.1 Å². The molecule has 1 fully saturated rings. The molecule has 11 heteroatoms. The average Bonchev–Trinajstić information content (AvgIpc) is 3.38. The minimum absolute atomic E-state index is 0.0887. The lowest BCUT2D eigenvalue weighted by atomic mass is 9.99. The third kappa shape index (κ3) is 5.22. The van der Waals surface area contributed by atoms with Crippen LogP contribution in [0.25, 0.3) is 33.6 Å². The fourth-order valence-corrected chi connectivity index (χ4v) is 4.91. The van der Waals surface area contributed by atoms with Crippen LogP contribution in [0.3, 0.4) is 0 Å². The number of carbonyl (C=O) groups is 1. The van der Waals surface area contributed by atoms with Gasteiger partial charge in [-0.1, -0.05) is 12.1 Å². The average molecular weight is 553 g/mol. The normalized spacial score (nSPS) is 13.9. The van der Waals surface area contributed by atoms with E-state index in [1.807, 2.05) is 12.1 Å². The number of carbonyl (C=O) groups excluding carboxylic acids is 1. The number of furan rings is 1. The zero-order chi connectivity index (χ0) is 28.5. The van der Waals surface area contributed by atoms with Gasteiger partial charge in [0, 0.05) is 60.7 Å². The molecule has 0 bridgehead atoms. The number of likely N-dealkylation sites (N-methyl/N-ethyl adjacent to an activating group) is 1. The molecule has 10 nitrogen and oxygen atoms in total. The first-order chi connectivity index (χ1) is 19.9. The largest absolute Gasteiger partial charge is 0.437 e. The van der Waals surface area contributed by atoms with Crippen LogP contribution in [-0.4, -0.2) is 58.9 Å². The second-order valence-corrected chi connectivity index (χ2v) is 9.82. The van der Waals surface area contributed by atoms with Crippen molar-refractivity contribution in [3.63, 3.8) is 0 Å². The number of halogens is 1. The molecule has 0 saturated carbocycles. The molecular weight excluding hydrogens is 527 g/mol. The monoisotopic (exact) mass is 552 g/mol. The third-order valence-electron chi connectivity index (χ3n) is 7.15. The molecule has 6 rings (SSSR count). The molecular formula is C30H25FN6O4. The summed E-state index contributed by atoms with van der Waals surface area (Å²) in [4.78, 5) is 36.6. The number of nitrogens with one attached hydrogen (secondary N) is 1. The first-order valence-electron chi connectivity index (χ1n) is 13.0. The number of anilines is 2. The fraction of sp³-hybridized carbons (Fsp3) is 0.167. The molecule has 2 aromatic heterocycles. The Morgan fingerprint density at radius 3 is 2.24 bits per heavy atom. The maximum Gasteiger partial charge on any atom is 0.269 e. The van der Waals surface area contributed by atoms with E-state index in [9.17, 15) is 19.3 Å². The number of nitro benzene ring substituents is 1. The quantitative estimate of drug-likeness (QED) is 0.213. The van der Waals surface area contributed by atoms with Crippen LogP contribution >= 0.6 is 0 Å². The van der Waals surface area contributed by atoms with Crippen LogP contribution in [0.15, 0.2) is 83.5 Å². The summed E-state index contributed by atoms with van der Waals surface area (Å²) in [7, 11) is 2.09. The van der Waals surface area contributed by atoms with Crippen LogP contribution in [-0.2, 0) is 0 Å². The van der Waals surface area contributed by atoms with Gasteiger partial charge >= 0.3 is 0 Å². The van der Waals surface area contributed by atoms with Crippen LogP contribution < -0.4 is 10.2 Å². The number of piperazine rings is 1. The van der Waals surface area contributed by atoms with Crippen molar-refractivity contribution in [1.82, 2.24) is 14.9 Å². The molecule has 0 unspecified atom stereocenters. The second kappa shape index (κ2) is 10.8. The Labute approximate surface area is 234 Å². The van der Waals surface area contributed by atoms with Gasteiger partial charge in [-0.25, -0.2) is 14.4 Å². The Morgan fingerprint density at radius 1 is 0.927 bits per heavy atom. The van der Waals surface area contributed by atoms with Gasteiger partial charge in [0.2, 0.25) is 5.71 Å². The smallest absolute Gasteiger partial charge is 0.269 e. The van der Waals surface area contributed by atoms with Crippen molar-refractivity contribution in [2.24, 2.45) is 0 Å². The summed E-state index contributed by atoms with van der Waals surface area (Å²) in [5, 5.41) is 14.5. The number of fused-ring (bicyclic) bond motifs is 1. The van der Waals surface area contributed by atoms with Crippen LogP contribution in [0.2, 0.25) is 0 Å². The number of non-ortho nitro benzene ring substituents is 1. The van der Waals surface area contributed by atoms with E-state index in [4.69, 9.17) is 4.42 Å². The minimum atomic E-state index is -0.516. The van der Waals surface area contributed by atoms with Crippen molar-refractivity contribution in [3.8, 4) is 22.5 Å². The zero-order valence-electron chi connectivity index (χ0n) is 22.1. The summed E-state index contributed by atoms with van der Waals surface area (Å²) in [5.41, 5.74) is 3.44. The molecule has 41 heavy (non-hydrogen) atoms. The van der Waals surface area contributed by atoms with Crippen molar-refractivity contribution in [2.75, 3.05) is 43.4 Å². The summed E-state index contributed by atoms with van der Waals surface area (Å²) in [6.07, 6.45) is 1.49. The highest BCUT2D eigenvalue weighted by Crippen LogP contribution is 2.43. The van der Waals surface area contributed by atoms with Gasteiger partial charge in [0.15, 0.2) is 0 Å². The van der Waals surface area contributed by atoms with Gasteiger partial charge in [-0.3, -0.25) is 14.9 Å². The van der Waals surface area contributed by atoms with Crippen LogP contribution in [0, 0.1) is 15.9 Å². The Kier molecular flexibility index (Phi) is 6.86. The van der Waals surface area contributed by atoms with Gasteiger partial charge in [-0.2, -0.15) is 0 Å². The fourth-order valence-electron chi connectivity index (χ4n) is 4.91. The lowest BCUT2D eigenvalue weighted by Crippen LogP contribution is -2.44. The van der Waals surface area contributed by atoms with Crippen molar-refractivity contribution in [2.45, 2.75) is 0 Å². The zero-order valence-corrected chi connectivity index (χ0v) is 22.1. The summed E-state index contributed by atoms with van der Waals surface area (Å²) in [6.45, 7) is 3.40. The Bertz CT molecular complexity index is 1730. The lowest BCUT2D eigenvalue weighted by Gasteiger charge is -2.33. The maximum absolute atomic E-state index is 13.9. The minimum Gasteiger partial charge on any atom is -0.437 e. The van der Waals surface area contributed by atoms with Crippen LogP contribution in [0.1, 0.15) is 10.4 Å². The van der Waals surface area contributed by atoms with E-state index >= 15 is 0 Å². The predicted molar refractivity (Wildman–Crippen MR) is 153 cm³/mol. The number of hydrogen-bond donors (Lipinski definition) is 1. The highest BCUT2D eigenvalue weighted by Gasteiger charge is 2.26. The Morgan fingerprint density at radius 2 is 1.59 bits per heavy atom. The van der Waals surface area contributed by atoms with Gasteiger partial charge in [-0.15, -0.1) is 0 Å². The summed E-state index contributed by atoms with van der Waals surface area (Å²) >= 11 is 0. The molecule has 3 heterocycles. The summed E-state index contributed by atoms with van der Waals surface area (Å²) in [6, 6.07) is 18.8. The van der Waals surface area contributed by atoms with Gasteiger partial charge in [0.1, 0.15) is 23.7 Å². The topological polar surface area (TPSA) is 118 Å². The molecule has 206 valence electrons. The van der Waals surface area contributed by atoms with Crippen molar-refractivity contribution in [3.05, 3.63) is 101 Å². The van der Waals surface area contributed by atoms with Gasteiger partial charge in [0.05, 0.1) is 10.3 Å². The molecule has 0 radical (unpaired) electrons. The number of aromatic nitrogens is 2. The molecule has 0 spiro atoms. The molecule has 1 amide bonds. The van der Waals surface area contributed by atoms with E-state index in [0.29, 0.717) is 22.7 Å². The SMILES string of the molecule is CN1CCN(c2ncnc3oc(-c4ccc(NC(=O)c5ccc([N+](=O)[O-])cc5)cc4)c(-c4ccc(F)cc4)c23)CC1. The first-order valence-corrected chi connectivity index (χ1v) is 13.0. The Hall–Kier alpha value is -5.16. The maximum atomic E-state index is 13.9. The number of amides is 1. The predicted octanol–water partition coefficient (Wildman–Crippen LogP) is 5.61. The van der Waals surface area contributed by atoms with Gasteiger partial charge in [0.25, 0.3) is 11.6 Å². The van der Waals surface area contributed by atoms with E-state index in [1.54, 1.807) is 24.3 Å². The summed E-state index contributed by atoms with van der Waals surface area (Å²) < 4.78 is 20.2. The lowest BCUT2D eigenvalue weighted by molar-refractivity contribution is -0.384. The first kappa shape index (κ1) is 26.1. The number of hydrogen-bond acceptors (Lipinski definition) is 8. The van der Waals surface area contributed by atoms with E-state index in [-0.39, 0.29) is 11.5 Å². The molecule has 1 N–H and O–H groups in total. The Balaban J connectivity index is 1.36. The van der Waals surface area contributed by atoms with Gasteiger partial charge in [-0.05, 0) is 61.1 Å². The van der Waals surface area contributed by atoms with Gasteiger partial charge < -0.3 is 19.5 Å². The van der Waals surface area contributed by atoms with E-state index < -0.39 is 10.8 Å². The van der Waals surface area contributed by atoms with Crippen LogP contribution in [0.5, 0.6) is 0 Å². The molecule has 0 atom stereocenters. The highest BCUT2D eigenvalue weighted by molar-refractivity contribution is 6.07.